The largest absolute Gasteiger partial charge is 0.462 e. The number of carbonyl (C=O) groups excluding carboxylic acids is 2. The van der Waals surface area contributed by atoms with E-state index < -0.39 is 24.6 Å². The number of aliphatic hydroxyl groups is 1. The smallest absolute Gasteiger partial charge is 0.321 e. The van der Waals surface area contributed by atoms with Crippen LogP contribution in [0.2, 0.25) is 0 Å². The highest BCUT2D eigenvalue weighted by Crippen LogP contribution is 1.95. The van der Waals surface area contributed by atoms with Crippen molar-refractivity contribution in [1.29, 1.82) is 0 Å². The minimum Gasteiger partial charge on any atom is -0.462 e. The van der Waals surface area contributed by atoms with Crippen molar-refractivity contribution in [2.24, 2.45) is 0 Å². The van der Waals surface area contributed by atoms with Crippen molar-refractivity contribution in [3.05, 3.63) is 0 Å². The van der Waals surface area contributed by atoms with Gasteiger partial charge in [0.15, 0.2) is 6.10 Å². The Morgan fingerprint density at radius 2 is 2.15 bits per heavy atom. The number of alkyl halides is 1. The average Bonchev–Trinajstić information content (AvgIpc) is 2.11. The zero-order chi connectivity index (χ0) is 10.3. The zero-order valence-electron chi connectivity index (χ0n) is 7.16. The molecule has 13 heavy (non-hydrogen) atoms. The summed E-state index contributed by atoms with van der Waals surface area (Å²) in [6.45, 7) is 0.655. The molecule has 0 spiro atoms. The standard InChI is InChI=1S/C7H11ClO5/c1-5(10)12-4-6(3-9)13-7(11)2-8/h6,9H,2-4H2,1H3. The molecular formula is C7H11ClO5. The van der Waals surface area contributed by atoms with Crippen LogP contribution in [0.1, 0.15) is 6.92 Å². The van der Waals surface area contributed by atoms with E-state index in [1.165, 1.54) is 6.92 Å². The molecule has 1 unspecified atom stereocenters. The van der Waals surface area contributed by atoms with Crippen LogP contribution in [0.15, 0.2) is 0 Å². The summed E-state index contributed by atoms with van der Waals surface area (Å²) in [5.74, 6) is -1.45. The number of hydrogen-bond donors (Lipinski definition) is 1. The van der Waals surface area contributed by atoms with Crippen molar-refractivity contribution >= 4 is 23.5 Å². The number of aliphatic hydroxyl groups excluding tert-OH is 1. The number of carbonyl (C=O) groups is 2. The van der Waals surface area contributed by atoms with Crippen molar-refractivity contribution in [2.45, 2.75) is 13.0 Å². The van der Waals surface area contributed by atoms with Gasteiger partial charge in [0, 0.05) is 6.92 Å². The molecular weight excluding hydrogens is 200 g/mol. The third-order valence-electron chi connectivity index (χ3n) is 1.08. The molecule has 6 heteroatoms. The highest BCUT2D eigenvalue weighted by Gasteiger charge is 2.13. The normalized spacial score (nSPS) is 11.9. The molecule has 0 aromatic carbocycles. The van der Waals surface area contributed by atoms with Gasteiger partial charge in [-0.1, -0.05) is 0 Å². The summed E-state index contributed by atoms with van der Waals surface area (Å²) in [4.78, 5) is 21.0. The number of rotatable bonds is 5. The molecule has 0 aliphatic heterocycles. The first kappa shape index (κ1) is 12.2. The third kappa shape index (κ3) is 6.36. The van der Waals surface area contributed by atoms with Gasteiger partial charge in [0.1, 0.15) is 12.5 Å². The topological polar surface area (TPSA) is 72.8 Å². The molecule has 1 atom stereocenters. The molecule has 0 heterocycles. The first-order valence-corrected chi connectivity index (χ1v) is 4.13. The molecule has 0 aliphatic carbocycles. The number of halogens is 1. The second kappa shape index (κ2) is 6.68. The number of hydrogen-bond acceptors (Lipinski definition) is 5. The van der Waals surface area contributed by atoms with Gasteiger partial charge in [-0.05, 0) is 0 Å². The monoisotopic (exact) mass is 210 g/mol. The lowest BCUT2D eigenvalue weighted by Gasteiger charge is -2.13. The first-order valence-electron chi connectivity index (χ1n) is 3.59. The van der Waals surface area contributed by atoms with Crippen LogP contribution in [-0.2, 0) is 19.1 Å². The Kier molecular flexibility index (Phi) is 6.26. The van der Waals surface area contributed by atoms with Gasteiger partial charge in [0.25, 0.3) is 0 Å². The minimum atomic E-state index is -0.838. The van der Waals surface area contributed by atoms with E-state index in [1.54, 1.807) is 0 Å². The molecule has 0 saturated heterocycles. The Labute approximate surface area is 80.6 Å². The molecule has 0 rings (SSSR count). The third-order valence-corrected chi connectivity index (χ3v) is 1.30. The maximum absolute atomic E-state index is 10.6. The quantitative estimate of drug-likeness (QED) is 0.498. The average molecular weight is 211 g/mol. The van der Waals surface area contributed by atoms with E-state index in [0.29, 0.717) is 0 Å². The van der Waals surface area contributed by atoms with E-state index in [2.05, 4.69) is 9.47 Å². The highest BCUT2D eigenvalue weighted by molar-refractivity contribution is 6.26. The van der Waals surface area contributed by atoms with Crippen molar-refractivity contribution in [3.8, 4) is 0 Å². The first-order chi connectivity index (χ1) is 6.10. The van der Waals surface area contributed by atoms with Crippen LogP contribution in [0.5, 0.6) is 0 Å². The molecule has 0 aromatic rings. The molecule has 0 saturated carbocycles. The molecule has 0 bridgehead atoms. The fourth-order valence-electron chi connectivity index (χ4n) is 0.552. The van der Waals surface area contributed by atoms with Crippen molar-refractivity contribution in [1.82, 2.24) is 0 Å². The van der Waals surface area contributed by atoms with Crippen LogP contribution < -0.4 is 0 Å². The minimum absolute atomic E-state index is 0.158. The lowest BCUT2D eigenvalue weighted by atomic mass is 10.4. The maximum atomic E-state index is 10.6. The van der Waals surface area contributed by atoms with E-state index >= 15 is 0 Å². The summed E-state index contributed by atoms with van der Waals surface area (Å²) >= 11 is 5.15. The van der Waals surface area contributed by atoms with Gasteiger partial charge in [0.2, 0.25) is 0 Å². The van der Waals surface area contributed by atoms with Crippen LogP contribution in [0.4, 0.5) is 0 Å². The Bertz CT molecular complexity index is 182. The Hall–Kier alpha value is -0.810. The summed E-state index contributed by atoms with van der Waals surface area (Å²) in [6.07, 6.45) is -0.838. The van der Waals surface area contributed by atoms with Gasteiger partial charge >= 0.3 is 11.9 Å². The molecule has 0 radical (unpaired) electrons. The van der Waals surface area contributed by atoms with Crippen LogP contribution in [0.3, 0.4) is 0 Å². The Morgan fingerprint density at radius 1 is 1.54 bits per heavy atom. The fraction of sp³-hybridized carbons (Fsp3) is 0.714. The van der Waals surface area contributed by atoms with Gasteiger partial charge in [-0.25, -0.2) is 0 Å². The van der Waals surface area contributed by atoms with E-state index in [1.807, 2.05) is 0 Å². The summed E-state index contributed by atoms with van der Waals surface area (Å²) in [6, 6.07) is 0. The molecule has 0 aliphatic rings. The lowest BCUT2D eigenvalue weighted by molar-refractivity contribution is -0.158. The SMILES string of the molecule is CC(=O)OCC(CO)OC(=O)CCl. The maximum Gasteiger partial charge on any atom is 0.321 e. The second-order valence-electron chi connectivity index (χ2n) is 2.23. The van der Waals surface area contributed by atoms with Crippen molar-refractivity contribution in [3.63, 3.8) is 0 Å². The van der Waals surface area contributed by atoms with Gasteiger partial charge in [0.05, 0.1) is 6.61 Å². The molecule has 0 fully saturated rings. The van der Waals surface area contributed by atoms with Crippen molar-refractivity contribution in [2.75, 3.05) is 19.1 Å². The summed E-state index contributed by atoms with van der Waals surface area (Å²) in [5.41, 5.74) is 0. The lowest BCUT2D eigenvalue weighted by Crippen LogP contribution is -2.28. The number of esters is 2. The molecule has 1 N–H and O–H groups in total. The van der Waals surface area contributed by atoms with E-state index in [9.17, 15) is 9.59 Å². The van der Waals surface area contributed by atoms with Crippen LogP contribution >= 0.6 is 11.6 Å². The van der Waals surface area contributed by atoms with Gasteiger partial charge < -0.3 is 14.6 Å². The van der Waals surface area contributed by atoms with E-state index in [4.69, 9.17) is 16.7 Å². The van der Waals surface area contributed by atoms with E-state index in [0.717, 1.165) is 0 Å². The molecule has 0 amide bonds. The fourth-order valence-corrected chi connectivity index (χ4v) is 0.615. The Balaban J connectivity index is 3.75. The summed E-state index contributed by atoms with van der Waals surface area (Å²) in [5, 5.41) is 8.67. The Morgan fingerprint density at radius 3 is 2.54 bits per heavy atom. The predicted molar refractivity (Wildman–Crippen MR) is 44.3 cm³/mol. The predicted octanol–water partition coefficient (Wildman–Crippen LogP) is -0.308. The summed E-state index contributed by atoms with van der Waals surface area (Å²) < 4.78 is 9.12. The van der Waals surface area contributed by atoms with Gasteiger partial charge in [-0.3, -0.25) is 9.59 Å². The van der Waals surface area contributed by atoms with Gasteiger partial charge in [-0.15, -0.1) is 11.6 Å². The van der Waals surface area contributed by atoms with Gasteiger partial charge in [-0.2, -0.15) is 0 Å². The second-order valence-corrected chi connectivity index (χ2v) is 2.50. The van der Waals surface area contributed by atoms with Crippen LogP contribution in [0, 0.1) is 0 Å². The van der Waals surface area contributed by atoms with E-state index in [-0.39, 0.29) is 12.5 Å². The number of ether oxygens (including phenoxy) is 2. The summed E-state index contributed by atoms with van der Waals surface area (Å²) in [7, 11) is 0. The molecule has 5 nitrogen and oxygen atoms in total. The van der Waals surface area contributed by atoms with Crippen molar-refractivity contribution < 1.29 is 24.2 Å². The van der Waals surface area contributed by atoms with Crippen LogP contribution in [0.25, 0.3) is 0 Å². The molecule has 0 aromatic heterocycles. The highest BCUT2D eigenvalue weighted by atomic mass is 35.5. The zero-order valence-corrected chi connectivity index (χ0v) is 7.91. The van der Waals surface area contributed by atoms with Crippen LogP contribution in [-0.4, -0.2) is 42.2 Å². The molecule has 76 valence electrons.